The number of carbonyl (C=O) groups is 2. The fourth-order valence-electron chi connectivity index (χ4n) is 5.52. The van der Waals surface area contributed by atoms with E-state index >= 15 is 0 Å². The summed E-state index contributed by atoms with van der Waals surface area (Å²) < 4.78 is 43.1. The van der Waals surface area contributed by atoms with Gasteiger partial charge in [0.25, 0.3) is 11.8 Å². The number of nitrogens with one attached hydrogen (secondary N) is 3. The van der Waals surface area contributed by atoms with Crippen molar-refractivity contribution in [3.8, 4) is 22.5 Å². The molecule has 5 aromatic rings. The summed E-state index contributed by atoms with van der Waals surface area (Å²) in [6.45, 7) is 3.68. The maximum Gasteiger partial charge on any atom is 0.416 e. The molecule has 47 heavy (non-hydrogen) atoms. The highest BCUT2D eigenvalue weighted by atomic mass is 19.4. The van der Waals surface area contributed by atoms with E-state index in [2.05, 4.69) is 30.9 Å². The lowest BCUT2D eigenvalue weighted by Gasteiger charge is -2.26. The van der Waals surface area contributed by atoms with Crippen LogP contribution in [0.15, 0.2) is 79.0 Å². The zero-order valence-electron chi connectivity index (χ0n) is 25.6. The van der Waals surface area contributed by atoms with Crippen LogP contribution in [0.2, 0.25) is 0 Å². The van der Waals surface area contributed by atoms with E-state index in [1.54, 1.807) is 4.57 Å². The number of tetrazole rings is 1. The van der Waals surface area contributed by atoms with Crippen molar-refractivity contribution in [3.63, 3.8) is 0 Å². The highest BCUT2D eigenvalue weighted by Gasteiger charge is 2.38. The Hall–Kier alpha value is -5.37. The Labute approximate surface area is 268 Å². The number of hydroxylamine groups is 1. The molecule has 0 radical (unpaired) electrons. The maximum absolute atomic E-state index is 13.8. The van der Waals surface area contributed by atoms with Crippen LogP contribution in [-0.4, -0.2) is 53.2 Å². The first-order valence-electron chi connectivity index (χ1n) is 15.0. The number of hydrogen-bond acceptors (Lipinski definition) is 7. The number of aryl methyl sites for hydroxylation is 1. The molecule has 0 fully saturated rings. The number of benzene rings is 3. The molecule has 14 heteroatoms. The molecule has 2 aromatic heterocycles. The van der Waals surface area contributed by atoms with Crippen molar-refractivity contribution < 1.29 is 28.0 Å². The Balaban J connectivity index is 1.43. The number of aromatic nitrogens is 6. The predicted molar refractivity (Wildman–Crippen MR) is 166 cm³/mol. The summed E-state index contributed by atoms with van der Waals surface area (Å²) >= 11 is 0. The molecular weight excluding hydrogens is 613 g/mol. The lowest BCUT2D eigenvalue weighted by molar-refractivity contribution is -0.139. The van der Waals surface area contributed by atoms with Gasteiger partial charge < -0.3 is 9.88 Å². The molecule has 0 bridgehead atoms. The number of hydrogen-bond donors (Lipinski definition) is 4. The Kier molecular flexibility index (Phi) is 10.1. The van der Waals surface area contributed by atoms with Gasteiger partial charge in [0.15, 0.2) is 0 Å². The minimum atomic E-state index is -4.69. The smallest absolute Gasteiger partial charge is 0.338 e. The summed E-state index contributed by atoms with van der Waals surface area (Å²) in [5.41, 5.74) is 3.93. The van der Waals surface area contributed by atoms with Crippen LogP contribution in [0, 0.1) is 0 Å². The molecule has 0 saturated carbocycles. The molecule has 0 aliphatic heterocycles. The molecule has 2 amide bonds. The van der Waals surface area contributed by atoms with E-state index < -0.39 is 35.5 Å². The quantitative estimate of drug-likeness (QED) is 0.103. The maximum atomic E-state index is 13.8. The monoisotopic (exact) mass is 646 g/mol. The van der Waals surface area contributed by atoms with E-state index in [0.717, 1.165) is 41.2 Å². The van der Waals surface area contributed by atoms with Crippen molar-refractivity contribution >= 4 is 11.8 Å². The minimum absolute atomic E-state index is 0.120. The second kappa shape index (κ2) is 14.4. The molecule has 0 aliphatic rings. The fraction of sp³-hybridized carbons (Fsp3) is 0.273. The van der Waals surface area contributed by atoms with Crippen molar-refractivity contribution in [3.05, 3.63) is 107 Å². The normalized spacial score (nSPS) is 12.8. The summed E-state index contributed by atoms with van der Waals surface area (Å²) in [5.74, 6) is -1.83. The highest BCUT2D eigenvalue weighted by Crippen LogP contribution is 2.36. The Morgan fingerprint density at radius 3 is 2.36 bits per heavy atom. The SMILES string of the molecule is CCCCc1ncc(C(=O)N[C@@H](C(=O)NO)C(C)c2ccccc2C(F)(F)F)n1Cc1ccc(-c2ccccc2-c2nn[nH]n2)cc1. The topological polar surface area (TPSA) is 151 Å². The number of alkyl halides is 3. The molecule has 2 atom stereocenters. The van der Waals surface area contributed by atoms with Crippen LogP contribution in [0.1, 0.15) is 65.6 Å². The number of carbonyl (C=O) groups excluding carboxylic acids is 2. The molecule has 0 aliphatic carbocycles. The Bertz CT molecular complexity index is 1820. The average Bonchev–Trinajstić information content (AvgIpc) is 3.76. The number of H-pyrrole nitrogens is 1. The van der Waals surface area contributed by atoms with Gasteiger partial charge in [-0.1, -0.05) is 87.0 Å². The van der Waals surface area contributed by atoms with E-state index in [1.165, 1.54) is 36.8 Å². The van der Waals surface area contributed by atoms with Crippen molar-refractivity contribution in [2.75, 3.05) is 0 Å². The summed E-state index contributed by atoms with van der Waals surface area (Å²) in [5, 5.41) is 26.3. The summed E-state index contributed by atoms with van der Waals surface area (Å²) in [6.07, 6.45) is -1.02. The number of imidazole rings is 1. The van der Waals surface area contributed by atoms with E-state index in [0.29, 0.717) is 18.1 Å². The first-order valence-corrected chi connectivity index (χ1v) is 15.0. The molecule has 5 rings (SSSR count). The molecule has 0 saturated heterocycles. The second-order valence-electron chi connectivity index (χ2n) is 11.0. The number of nitrogens with zero attached hydrogens (tertiary/aromatic N) is 5. The number of aromatic amines is 1. The van der Waals surface area contributed by atoms with Crippen molar-refractivity contribution in [2.45, 2.75) is 57.8 Å². The van der Waals surface area contributed by atoms with Gasteiger partial charge in [0.1, 0.15) is 17.6 Å². The summed E-state index contributed by atoms with van der Waals surface area (Å²) in [6, 6.07) is 18.7. The van der Waals surface area contributed by atoms with Crippen molar-refractivity contribution in [1.29, 1.82) is 0 Å². The van der Waals surface area contributed by atoms with Crippen LogP contribution in [0.4, 0.5) is 13.2 Å². The van der Waals surface area contributed by atoms with E-state index in [4.69, 9.17) is 0 Å². The molecule has 2 heterocycles. The minimum Gasteiger partial charge on any atom is -0.338 e. The van der Waals surface area contributed by atoms with Gasteiger partial charge in [0, 0.05) is 24.4 Å². The summed E-state index contributed by atoms with van der Waals surface area (Å²) in [7, 11) is 0. The average molecular weight is 647 g/mol. The lowest BCUT2D eigenvalue weighted by Crippen LogP contribution is -2.49. The van der Waals surface area contributed by atoms with Gasteiger partial charge in [-0.05, 0) is 40.0 Å². The van der Waals surface area contributed by atoms with Crippen molar-refractivity contribution in [1.82, 2.24) is 41.0 Å². The van der Waals surface area contributed by atoms with Gasteiger partial charge in [-0.3, -0.25) is 14.8 Å². The molecular formula is C33H33F3N8O3. The van der Waals surface area contributed by atoms with Gasteiger partial charge in [-0.2, -0.15) is 18.4 Å². The molecule has 0 spiro atoms. The third kappa shape index (κ3) is 7.38. The zero-order chi connectivity index (χ0) is 33.6. The standard InChI is InChI=1S/C33H33F3N8O3/c1-3-4-13-28-37-18-27(31(45)38-29(32(46)41-47)20(2)23-9-7-8-12-26(23)33(34,35)36)44(28)19-21-14-16-22(17-15-21)24-10-5-6-11-25(24)30-39-42-43-40-30/h5-12,14-18,20,29,47H,3-4,13,19H2,1-2H3,(H,38,45)(H,41,46)(H,39,40,42,43)/t20?,29-/m1/s1. The van der Waals surface area contributed by atoms with Gasteiger partial charge >= 0.3 is 6.18 Å². The van der Waals surface area contributed by atoms with Crippen LogP contribution in [0.25, 0.3) is 22.5 Å². The van der Waals surface area contributed by atoms with E-state index in [-0.39, 0.29) is 17.8 Å². The summed E-state index contributed by atoms with van der Waals surface area (Å²) in [4.78, 5) is 30.9. The number of amides is 2. The first-order chi connectivity index (χ1) is 22.6. The van der Waals surface area contributed by atoms with E-state index in [9.17, 15) is 28.0 Å². The molecule has 11 nitrogen and oxygen atoms in total. The third-order valence-corrected chi connectivity index (χ3v) is 7.98. The van der Waals surface area contributed by atoms with Gasteiger partial charge in [0.2, 0.25) is 5.82 Å². The van der Waals surface area contributed by atoms with Crippen molar-refractivity contribution in [2.24, 2.45) is 0 Å². The molecule has 1 unspecified atom stereocenters. The predicted octanol–water partition coefficient (Wildman–Crippen LogP) is 5.55. The van der Waals surface area contributed by atoms with Gasteiger partial charge in [0.05, 0.1) is 11.8 Å². The van der Waals surface area contributed by atoms with Crippen LogP contribution in [0.3, 0.4) is 0 Å². The molecule has 244 valence electrons. The van der Waals surface area contributed by atoms with Crippen LogP contribution >= 0.6 is 0 Å². The number of unbranched alkanes of at least 4 members (excludes halogenated alkanes) is 1. The Morgan fingerprint density at radius 1 is 1.00 bits per heavy atom. The fourth-order valence-corrected chi connectivity index (χ4v) is 5.52. The van der Waals surface area contributed by atoms with Gasteiger partial charge in [-0.15, -0.1) is 10.2 Å². The largest absolute Gasteiger partial charge is 0.416 e. The number of rotatable bonds is 12. The lowest BCUT2D eigenvalue weighted by atomic mass is 9.88. The first kappa shape index (κ1) is 33.0. The Morgan fingerprint density at radius 2 is 1.70 bits per heavy atom. The van der Waals surface area contributed by atoms with E-state index in [1.807, 2.05) is 55.5 Å². The molecule has 4 N–H and O–H groups in total. The third-order valence-electron chi connectivity index (χ3n) is 7.98. The zero-order valence-corrected chi connectivity index (χ0v) is 25.6. The van der Waals surface area contributed by atoms with Crippen LogP contribution in [0.5, 0.6) is 0 Å². The molecule has 3 aromatic carbocycles. The second-order valence-corrected chi connectivity index (χ2v) is 11.0. The van der Waals surface area contributed by atoms with Gasteiger partial charge in [-0.25, -0.2) is 10.5 Å². The van der Waals surface area contributed by atoms with Crippen LogP contribution in [-0.2, 0) is 23.9 Å². The highest BCUT2D eigenvalue weighted by molar-refractivity contribution is 5.96. The van der Waals surface area contributed by atoms with Crippen LogP contribution < -0.4 is 10.8 Å². The number of halogens is 3.